The van der Waals surface area contributed by atoms with E-state index in [-0.39, 0.29) is 6.04 Å². The van der Waals surface area contributed by atoms with Crippen LogP contribution in [0.25, 0.3) is 0 Å². The SMILES string of the molecule is COc1ccc(SCC(C#N)NC2CC2)cc1. The highest BCUT2D eigenvalue weighted by molar-refractivity contribution is 7.99. The van der Waals surface area contributed by atoms with E-state index >= 15 is 0 Å². The first-order valence-corrected chi connectivity index (χ1v) is 6.73. The van der Waals surface area contributed by atoms with Crippen LogP contribution in [0.3, 0.4) is 0 Å². The van der Waals surface area contributed by atoms with Gasteiger partial charge in [0, 0.05) is 16.7 Å². The highest BCUT2D eigenvalue weighted by Crippen LogP contribution is 2.24. The smallest absolute Gasteiger partial charge is 0.118 e. The van der Waals surface area contributed by atoms with Gasteiger partial charge in [-0.25, -0.2) is 0 Å². The van der Waals surface area contributed by atoms with Crippen molar-refractivity contribution in [3.8, 4) is 11.8 Å². The molecule has 1 aliphatic rings. The van der Waals surface area contributed by atoms with Crippen LogP contribution in [0.15, 0.2) is 29.2 Å². The summed E-state index contributed by atoms with van der Waals surface area (Å²) in [5.74, 6) is 1.65. The summed E-state index contributed by atoms with van der Waals surface area (Å²) in [5.41, 5.74) is 0. The molecule has 1 fully saturated rings. The van der Waals surface area contributed by atoms with E-state index in [2.05, 4.69) is 11.4 Å². The average Bonchev–Trinajstić information content (AvgIpc) is 3.19. The Bertz CT molecular complexity index is 395. The molecule has 1 N–H and O–H groups in total. The molecule has 0 heterocycles. The van der Waals surface area contributed by atoms with E-state index in [0.29, 0.717) is 6.04 Å². The van der Waals surface area contributed by atoms with Crippen molar-refractivity contribution >= 4 is 11.8 Å². The molecule has 1 aromatic rings. The summed E-state index contributed by atoms with van der Waals surface area (Å²) in [6, 6.07) is 10.8. The van der Waals surface area contributed by atoms with Crippen molar-refractivity contribution in [1.82, 2.24) is 5.32 Å². The maximum absolute atomic E-state index is 9.02. The van der Waals surface area contributed by atoms with Crippen LogP contribution in [0.5, 0.6) is 5.75 Å². The molecule has 4 heteroatoms. The normalized spacial score (nSPS) is 16.2. The summed E-state index contributed by atoms with van der Waals surface area (Å²) < 4.78 is 5.10. The molecule has 90 valence electrons. The number of benzene rings is 1. The zero-order valence-corrected chi connectivity index (χ0v) is 10.7. The Morgan fingerprint density at radius 2 is 2.18 bits per heavy atom. The largest absolute Gasteiger partial charge is 0.497 e. The first-order valence-electron chi connectivity index (χ1n) is 5.74. The van der Waals surface area contributed by atoms with Gasteiger partial charge < -0.3 is 4.74 Å². The lowest BCUT2D eigenvalue weighted by atomic mass is 10.3. The molecule has 1 aliphatic carbocycles. The van der Waals surface area contributed by atoms with Crippen LogP contribution in [0, 0.1) is 11.3 Å². The van der Waals surface area contributed by atoms with Gasteiger partial charge in [0.1, 0.15) is 11.8 Å². The molecule has 0 spiro atoms. The number of thioether (sulfide) groups is 1. The molecule has 0 aliphatic heterocycles. The molecule has 0 amide bonds. The fourth-order valence-corrected chi connectivity index (χ4v) is 2.37. The zero-order valence-electron chi connectivity index (χ0n) is 9.85. The summed E-state index contributed by atoms with van der Waals surface area (Å²) in [6.45, 7) is 0. The molecule has 0 saturated heterocycles. The third kappa shape index (κ3) is 3.95. The lowest BCUT2D eigenvalue weighted by Gasteiger charge is -2.10. The van der Waals surface area contributed by atoms with Gasteiger partial charge in [0.05, 0.1) is 13.2 Å². The Morgan fingerprint density at radius 1 is 1.47 bits per heavy atom. The maximum Gasteiger partial charge on any atom is 0.118 e. The standard InChI is InChI=1S/C13H16N2OS/c1-16-12-4-6-13(7-5-12)17-9-11(8-14)15-10-2-3-10/h4-7,10-11,15H,2-3,9H2,1H3. The van der Waals surface area contributed by atoms with E-state index in [0.717, 1.165) is 11.5 Å². The molecular weight excluding hydrogens is 232 g/mol. The van der Waals surface area contributed by atoms with E-state index in [4.69, 9.17) is 10.00 Å². The van der Waals surface area contributed by atoms with Gasteiger partial charge in [-0.3, -0.25) is 5.32 Å². The van der Waals surface area contributed by atoms with Crippen LogP contribution in [0.2, 0.25) is 0 Å². The Morgan fingerprint density at radius 3 is 2.71 bits per heavy atom. The van der Waals surface area contributed by atoms with E-state index < -0.39 is 0 Å². The predicted molar refractivity (Wildman–Crippen MR) is 69.3 cm³/mol. The van der Waals surface area contributed by atoms with Crippen LogP contribution < -0.4 is 10.1 Å². The van der Waals surface area contributed by atoms with Crippen LogP contribution in [-0.2, 0) is 0 Å². The Hall–Kier alpha value is -1.18. The van der Waals surface area contributed by atoms with Crippen LogP contribution in [0.4, 0.5) is 0 Å². The molecule has 1 aromatic carbocycles. The first kappa shape index (κ1) is 12.3. The topological polar surface area (TPSA) is 45.0 Å². The summed E-state index contributed by atoms with van der Waals surface area (Å²) in [5, 5.41) is 12.3. The average molecular weight is 248 g/mol. The molecule has 0 aromatic heterocycles. The van der Waals surface area contributed by atoms with Crippen molar-refractivity contribution in [3.05, 3.63) is 24.3 Å². The van der Waals surface area contributed by atoms with Crippen molar-refractivity contribution in [1.29, 1.82) is 5.26 Å². The van der Waals surface area contributed by atoms with Gasteiger partial charge in [0.15, 0.2) is 0 Å². The molecule has 1 unspecified atom stereocenters. The molecule has 2 rings (SSSR count). The number of hydrogen-bond acceptors (Lipinski definition) is 4. The summed E-state index contributed by atoms with van der Waals surface area (Å²) in [7, 11) is 1.66. The van der Waals surface area contributed by atoms with Crippen LogP contribution >= 0.6 is 11.8 Å². The highest BCUT2D eigenvalue weighted by atomic mass is 32.2. The first-order chi connectivity index (χ1) is 8.31. The van der Waals surface area contributed by atoms with Gasteiger partial charge >= 0.3 is 0 Å². The minimum absolute atomic E-state index is 0.0467. The fourth-order valence-electron chi connectivity index (χ4n) is 1.51. The van der Waals surface area contributed by atoms with Crippen molar-refractivity contribution in [2.45, 2.75) is 29.8 Å². The monoisotopic (exact) mass is 248 g/mol. The number of hydrogen-bond donors (Lipinski definition) is 1. The Kier molecular flexibility index (Phi) is 4.29. The lowest BCUT2D eigenvalue weighted by molar-refractivity contribution is 0.414. The molecule has 3 nitrogen and oxygen atoms in total. The second-order valence-electron chi connectivity index (χ2n) is 4.11. The molecule has 0 radical (unpaired) electrons. The summed E-state index contributed by atoms with van der Waals surface area (Å²) >= 11 is 1.70. The van der Waals surface area contributed by atoms with Crippen molar-refractivity contribution in [3.63, 3.8) is 0 Å². The second kappa shape index (κ2) is 5.95. The van der Waals surface area contributed by atoms with Crippen molar-refractivity contribution in [2.75, 3.05) is 12.9 Å². The Labute approximate surface area is 106 Å². The highest BCUT2D eigenvalue weighted by Gasteiger charge is 2.24. The van der Waals surface area contributed by atoms with Crippen molar-refractivity contribution < 1.29 is 4.74 Å². The number of ether oxygens (including phenoxy) is 1. The van der Waals surface area contributed by atoms with Gasteiger partial charge in [-0.2, -0.15) is 5.26 Å². The lowest BCUT2D eigenvalue weighted by Crippen LogP contribution is -2.31. The van der Waals surface area contributed by atoms with Crippen LogP contribution in [-0.4, -0.2) is 24.9 Å². The minimum atomic E-state index is -0.0467. The zero-order chi connectivity index (χ0) is 12.1. The van der Waals surface area contributed by atoms with Gasteiger partial charge in [0.2, 0.25) is 0 Å². The van der Waals surface area contributed by atoms with E-state index in [1.54, 1.807) is 18.9 Å². The third-order valence-electron chi connectivity index (χ3n) is 2.65. The van der Waals surface area contributed by atoms with Gasteiger partial charge in [-0.05, 0) is 37.1 Å². The quantitative estimate of drug-likeness (QED) is 0.785. The van der Waals surface area contributed by atoms with E-state index in [1.807, 2.05) is 24.3 Å². The maximum atomic E-state index is 9.02. The third-order valence-corrected chi connectivity index (χ3v) is 3.75. The van der Waals surface area contributed by atoms with E-state index in [9.17, 15) is 0 Å². The molecule has 17 heavy (non-hydrogen) atoms. The van der Waals surface area contributed by atoms with E-state index in [1.165, 1.54) is 17.7 Å². The number of nitriles is 1. The fraction of sp³-hybridized carbons (Fsp3) is 0.462. The van der Waals surface area contributed by atoms with Crippen molar-refractivity contribution in [2.24, 2.45) is 0 Å². The number of nitrogens with zero attached hydrogens (tertiary/aromatic N) is 1. The second-order valence-corrected chi connectivity index (χ2v) is 5.20. The van der Waals surface area contributed by atoms with Crippen LogP contribution in [0.1, 0.15) is 12.8 Å². The molecule has 0 bridgehead atoms. The van der Waals surface area contributed by atoms with Gasteiger partial charge in [0.25, 0.3) is 0 Å². The predicted octanol–water partition coefficient (Wildman–Crippen LogP) is 2.43. The summed E-state index contributed by atoms with van der Waals surface area (Å²) in [6.07, 6.45) is 2.43. The number of rotatable bonds is 6. The minimum Gasteiger partial charge on any atom is -0.497 e. The van der Waals surface area contributed by atoms with Gasteiger partial charge in [-0.1, -0.05) is 0 Å². The van der Waals surface area contributed by atoms with Gasteiger partial charge in [-0.15, -0.1) is 11.8 Å². The molecular formula is C13H16N2OS. The number of methoxy groups -OCH3 is 1. The Balaban J connectivity index is 1.80. The number of nitrogens with one attached hydrogen (secondary N) is 1. The molecule has 1 saturated carbocycles. The molecule has 1 atom stereocenters. The summed E-state index contributed by atoms with van der Waals surface area (Å²) in [4.78, 5) is 1.17.